The second kappa shape index (κ2) is 5.82. The highest BCUT2D eigenvalue weighted by Gasteiger charge is 2.31. The Balaban J connectivity index is 2.18. The van der Waals surface area contributed by atoms with Crippen molar-refractivity contribution < 1.29 is 19.1 Å². The van der Waals surface area contributed by atoms with Crippen molar-refractivity contribution >= 4 is 29.2 Å². The molecule has 1 atom stereocenters. The summed E-state index contributed by atoms with van der Waals surface area (Å²) in [6.45, 7) is 0. The number of nitrogens with zero attached hydrogens (tertiary/aromatic N) is 1. The lowest BCUT2D eigenvalue weighted by molar-refractivity contribution is -0.146. The fourth-order valence-corrected chi connectivity index (χ4v) is 2.18. The smallest absolute Gasteiger partial charge is 0.340 e. The molecule has 0 radical (unpaired) electrons. The number of imide groups is 1. The van der Waals surface area contributed by atoms with Gasteiger partial charge in [0.25, 0.3) is 5.91 Å². The van der Waals surface area contributed by atoms with Crippen molar-refractivity contribution in [1.82, 2.24) is 4.90 Å². The topological polar surface area (TPSA) is 102 Å². The van der Waals surface area contributed by atoms with Gasteiger partial charge in [-0.25, -0.2) is 4.79 Å². The van der Waals surface area contributed by atoms with E-state index in [0.29, 0.717) is 24.2 Å². The number of nitrogens with one attached hydrogen (secondary N) is 1. The van der Waals surface area contributed by atoms with Gasteiger partial charge in [-0.1, -0.05) is 0 Å². The number of amides is 2. The number of nitrogens with two attached hydrogens (primary N) is 1. The minimum absolute atomic E-state index is 0.189. The molecule has 0 aliphatic carbocycles. The number of benzene rings is 1. The number of esters is 1. The Bertz CT molecular complexity index is 600. The van der Waals surface area contributed by atoms with Crippen LogP contribution < -0.4 is 11.1 Å². The third-order valence-corrected chi connectivity index (χ3v) is 3.45. The Hall–Kier alpha value is -2.57. The zero-order valence-electron chi connectivity index (χ0n) is 11.9. The van der Waals surface area contributed by atoms with Crippen LogP contribution in [0.3, 0.4) is 0 Å². The van der Waals surface area contributed by atoms with Gasteiger partial charge in [-0.2, -0.15) is 0 Å². The minimum Gasteiger partial charge on any atom is -0.465 e. The third kappa shape index (κ3) is 2.96. The summed E-state index contributed by atoms with van der Waals surface area (Å²) < 4.78 is 4.65. The monoisotopic (exact) mass is 291 g/mol. The van der Waals surface area contributed by atoms with Gasteiger partial charge >= 0.3 is 5.97 Å². The Morgan fingerprint density at radius 2 is 2.14 bits per heavy atom. The van der Waals surface area contributed by atoms with Gasteiger partial charge in [0.15, 0.2) is 0 Å². The molecule has 7 nitrogen and oxygen atoms in total. The summed E-state index contributed by atoms with van der Waals surface area (Å²) in [5.41, 5.74) is 6.83. The first-order valence-electron chi connectivity index (χ1n) is 6.49. The zero-order chi connectivity index (χ0) is 15.6. The quantitative estimate of drug-likeness (QED) is 0.481. The van der Waals surface area contributed by atoms with Crippen LogP contribution in [0, 0.1) is 0 Å². The second-order valence-corrected chi connectivity index (χ2v) is 4.82. The molecular formula is C14H17N3O4. The molecule has 1 fully saturated rings. The van der Waals surface area contributed by atoms with E-state index in [1.807, 2.05) is 0 Å². The fourth-order valence-electron chi connectivity index (χ4n) is 2.18. The summed E-state index contributed by atoms with van der Waals surface area (Å²) in [7, 11) is 2.73. The number of piperidine rings is 1. The highest BCUT2D eigenvalue weighted by molar-refractivity contribution is 6.01. The molecule has 0 bridgehead atoms. The Morgan fingerprint density at radius 1 is 1.43 bits per heavy atom. The second-order valence-electron chi connectivity index (χ2n) is 4.82. The van der Waals surface area contributed by atoms with Crippen molar-refractivity contribution in [2.24, 2.45) is 0 Å². The molecule has 112 valence electrons. The van der Waals surface area contributed by atoms with Gasteiger partial charge in [0.2, 0.25) is 5.91 Å². The molecule has 0 aromatic heterocycles. The van der Waals surface area contributed by atoms with Gasteiger partial charge < -0.3 is 15.8 Å². The molecular weight excluding hydrogens is 274 g/mol. The number of hydrogen-bond donors (Lipinski definition) is 2. The zero-order valence-corrected chi connectivity index (χ0v) is 11.9. The van der Waals surface area contributed by atoms with Crippen LogP contribution in [-0.4, -0.2) is 42.9 Å². The highest BCUT2D eigenvalue weighted by atomic mass is 16.5. The number of ether oxygens (including phenoxy) is 1. The van der Waals surface area contributed by atoms with E-state index in [0.717, 1.165) is 4.90 Å². The van der Waals surface area contributed by atoms with Crippen LogP contribution in [0.15, 0.2) is 18.2 Å². The maximum Gasteiger partial charge on any atom is 0.340 e. The van der Waals surface area contributed by atoms with Crippen molar-refractivity contribution in [1.29, 1.82) is 0 Å². The van der Waals surface area contributed by atoms with Crippen molar-refractivity contribution in [3.63, 3.8) is 0 Å². The molecule has 1 saturated heterocycles. The highest BCUT2D eigenvalue weighted by Crippen LogP contribution is 2.22. The van der Waals surface area contributed by atoms with Crippen LogP contribution in [0.4, 0.5) is 11.4 Å². The summed E-state index contributed by atoms with van der Waals surface area (Å²) in [4.78, 5) is 36.1. The number of anilines is 2. The number of rotatable bonds is 3. The van der Waals surface area contributed by atoms with Gasteiger partial charge in [0, 0.05) is 24.8 Å². The molecule has 21 heavy (non-hydrogen) atoms. The van der Waals surface area contributed by atoms with E-state index in [1.165, 1.54) is 20.2 Å². The van der Waals surface area contributed by atoms with Crippen molar-refractivity contribution in [3.8, 4) is 0 Å². The molecule has 1 aromatic rings. The van der Waals surface area contributed by atoms with Gasteiger partial charge in [-0.3, -0.25) is 14.5 Å². The summed E-state index contributed by atoms with van der Waals surface area (Å²) in [6.07, 6.45) is 0.721. The van der Waals surface area contributed by atoms with Crippen LogP contribution in [0.1, 0.15) is 23.2 Å². The van der Waals surface area contributed by atoms with E-state index in [1.54, 1.807) is 12.1 Å². The predicted molar refractivity (Wildman–Crippen MR) is 76.6 cm³/mol. The summed E-state index contributed by atoms with van der Waals surface area (Å²) >= 11 is 0. The van der Waals surface area contributed by atoms with Gasteiger partial charge in [-0.05, 0) is 24.6 Å². The lowest BCUT2D eigenvalue weighted by Crippen LogP contribution is -2.48. The van der Waals surface area contributed by atoms with Crippen LogP contribution in [0.25, 0.3) is 0 Å². The van der Waals surface area contributed by atoms with Crippen LogP contribution >= 0.6 is 0 Å². The Kier molecular flexibility index (Phi) is 4.11. The number of methoxy groups -OCH3 is 1. The van der Waals surface area contributed by atoms with E-state index in [-0.39, 0.29) is 17.4 Å². The standard InChI is InChI=1S/C14H17N3O4/c1-17-12(18)6-5-11(13(17)19)16-8-3-4-10(15)9(7-8)14(20)21-2/h3-4,7,11,16H,5-6,15H2,1-2H3. The van der Waals surface area contributed by atoms with E-state index in [9.17, 15) is 14.4 Å². The SMILES string of the molecule is COC(=O)c1cc(NC2CCC(=O)N(C)C2=O)ccc1N. The normalized spacial score (nSPS) is 18.6. The molecule has 0 saturated carbocycles. The number of likely N-dealkylation sites (tertiary alicyclic amines) is 1. The molecule has 7 heteroatoms. The van der Waals surface area contributed by atoms with Crippen molar-refractivity contribution in [2.75, 3.05) is 25.2 Å². The van der Waals surface area contributed by atoms with Crippen molar-refractivity contribution in [3.05, 3.63) is 23.8 Å². The van der Waals surface area contributed by atoms with Gasteiger partial charge in [-0.15, -0.1) is 0 Å². The van der Waals surface area contributed by atoms with Crippen LogP contribution in [0.2, 0.25) is 0 Å². The third-order valence-electron chi connectivity index (χ3n) is 3.45. The number of carbonyl (C=O) groups is 3. The number of nitrogen functional groups attached to an aromatic ring is 1. The summed E-state index contributed by atoms with van der Waals surface area (Å²) in [5.74, 6) is -1.02. The lowest BCUT2D eigenvalue weighted by atomic mass is 10.0. The summed E-state index contributed by atoms with van der Waals surface area (Å²) in [6, 6.07) is 4.27. The largest absolute Gasteiger partial charge is 0.465 e. The maximum atomic E-state index is 12.0. The summed E-state index contributed by atoms with van der Waals surface area (Å²) in [5, 5.41) is 3.02. The first-order valence-corrected chi connectivity index (χ1v) is 6.49. The van der Waals surface area contributed by atoms with Crippen LogP contribution in [-0.2, 0) is 14.3 Å². The Morgan fingerprint density at radius 3 is 2.81 bits per heavy atom. The minimum atomic E-state index is -0.543. The first kappa shape index (κ1) is 14.8. The molecule has 1 aliphatic rings. The lowest BCUT2D eigenvalue weighted by Gasteiger charge is -2.29. The first-order chi connectivity index (χ1) is 9.93. The van der Waals surface area contributed by atoms with Gasteiger partial charge in [0.1, 0.15) is 6.04 Å². The van der Waals surface area contributed by atoms with Gasteiger partial charge in [0.05, 0.1) is 12.7 Å². The molecule has 3 N–H and O–H groups in total. The average Bonchev–Trinajstić information content (AvgIpc) is 2.49. The predicted octanol–water partition coefficient (Wildman–Crippen LogP) is 0.615. The molecule has 1 heterocycles. The van der Waals surface area contributed by atoms with Crippen molar-refractivity contribution in [2.45, 2.75) is 18.9 Å². The molecule has 1 aromatic carbocycles. The fraction of sp³-hybridized carbons (Fsp3) is 0.357. The maximum absolute atomic E-state index is 12.0. The number of likely N-dealkylation sites (N-methyl/N-ethyl adjacent to an activating group) is 1. The van der Waals surface area contributed by atoms with E-state index in [2.05, 4.69) is 10.1 Å². The number of carbonyl (C=O) groups excluding carboxylic acids is 3. The van der Waals surface area contributed by atoms with E-state index in [4.69, 9.17) is 5.73 Å². The van der Waals surface area contributed by atoms with Crippen LogP contribution in [0.5, 0.6) is 0 Å². The molecule has 1 unspecified atom stereocenters. The molecule has 2 amide bonds. The average molecular weight is 291 g/mol. The van der Waals surface area contributed by atoms with E-state index >= 15 is 0 Å². The molecule has 1 aliphatic heterocycles. The van der Waals surface area contributed by atoms with E-state index < -0.39 is 12.0 Å². The molecule has 0 spiro atoms. The number of hydrogen-bond acceptors (Lipinski definition) is 6. The Labute approximate surface area is 122 Å². The molecule has 2 rings (SSSR count).